The number of unbranched alkanes of at least 4 members (excludes halogenated alkanes) is 7. The van der Waals surface area contributed by atoms with E-state index >= 15 is 0 Å². The molecule has 174 valence electrons. The average molecular weight is 413 g/mol. The zero-order chi connectivity index (χ0) is 21.3. The molecule has 0 spiro atoms. The van der Waals surface area contributed by atoms with Crippen LogP contribution < -0.4 is 0 Å². The highest BCUT2D eigenvalue weighted by atomic mass is 16.3. The van der Waals surface area contributed by atoms with Crippen LogP contribution in [0.15, 0.2) is 37.0 Å². The molecule has 0 fully saturated rings. The molecule has 0 saturated heterocycles. The van der Waals surface area contributed by atoms with Gasteiger partial charge in [-0.3, -0.25) is 0 Å². The lowest BCUT2D eigenvalue weighted by atomic mass is 9.99. The molecule has 0 radical (unpaired) electrons. The highest BCUT2D eigenvalue weighted by molar-refractivity contribution is 4.91. The van der Waals surface area contributed by atoms with E-state index in [1.54, 1.807) is 12.2 Å². The maximum absolute atomic E-state index is 9.00. The van der Waals surface area contributed by atoms with Crippen LogP contribution in [0.5, 0.6) is 0 Å². The molecule has 0 bridgehead atoms. The number of aliphatic hydroxyl groups excluding tert-OH is 3. The van der Waals surface area contributed by atoms with Crippen molar-refractivity contribution in [1.82, 2.24) is 0 Å². The van der Waals surface area contributed by atoms with Gasteiger partial charge in [0.15, 0.2) is 0 Å². The predicted octanol–water partition coefficient (Wildman–Crippen LogP) is 6.84. The van der Waals surface area contributed by atoms with Gasteiger partial charge in [-0.2, -0.15) is 0 Å². The van der Waals surface area contributed by atoms with E-state index in [0.717, 1.165) is 25.7 Å². The Morgan fingerprint density at radius 2 is 1.34 bits per heavy atom. The van der Waals surface area contributed by atoms with E-state index < -0.39 is 0 Å². The summed E-state index contributed by atoms with van der Waals surface area (Å²) in [6.07, 6.45) is 24.4. The lowest BCUT2D eigenvalue weighted by Gasteiger charge is -2.10. The Labute approximate surface area is 182 Å². The van der Waals surface area contributed by atoms with E-state index in [1.807, 2.05) is 6.08 Å². The molecule has 3 nitrogen and oxygen atoms in total. The van der Waals surface area contributed by atoms with Crippen LogP contribution in [-0.4, -0.2) is 35.1 Å². The van der Waals surface area contributed by atoms with Crippen molar-refractivity contribution in [2.45, 2.75) is 98.3 Å². The van der Waals surface area contributed by atoms with E-state index in [2.05, 4.69) is 32.6 Å². The van der Waals surface area contributed by atoms with Crippen LogP contribution in [0.4, 0.5) is 0 Å². The molecule has 2 atom stereocenters. The SMILES string of the molecule is C.C=CC(CO)C/C=C/CC/C=C\CO.CCCCCCCCCC(CC)CO. The molecular formula is C26H52O3. The summed E-state index contributed by atoms with van der Waals surface area (Å²) < 4.78 is 0. The normalized spacial score (nSPS) is 13.0. The monoisotopic (exact) mass is 412 g/mol. The van der Waals surface area contributed by atoms with Crippen molar-refractivity contribution in [2.24, 2.45) is 11.8 Å². The van der Waals surface area contributed by atoms with Crippen molar-refractivity contribution in [3.05, 3.63) is 37.0 Å². The minimum atomic E-state index is 0. The Kier molecular flexibility index (Phi) is 33.1. The van der Waals surface area contributed by atoms with Gasteiger partial charge in [0.05, 0.1) is 6.61 Å². The van der Waals surface area contributed by atoms with Crippen molar-refractivity contribution in [2.75, 3.05) is 19.8 Å². The average Bonchev–Trinajstić information content (AvgIpc) is 2.73. The fraction of sp³-hybridized carbons (Fsp3) is 0.769. The van der Waals surface area contributed by atoms with Crippen molar-refractivity contribution in [3.8, 4) is 0 Å². The maximum Gasteiger partial charge on any atom is 0.0612 e. The third-order valence-corrected chi connectivity index (χ3v) is 5.00. The molecule has 3 heteroatoms. The zero-order valence-corrected chi connectivity index (χ0v) is 18.7. The second-order valence-electron chi connectivity index (χ2n) is 7.48. The first-order chi connectivity index (χ1) is 13.7. The van der Waals surface area contributed by atoms with Gasteiger partial charge in [-0.25, -0.2) is 0 Å². The van der Waals surface area contributed by atoms with Crippen LogP contribution in [-0.2, 0) is 0 Å². The van der Waals surface area contributed by atoms with Gasteiger partial charge in [0.1, 0.15) is 0 Å². The van der Waals surface area contributed by atoms with Gasteiger partial charge in [0.25, 0.3) is 0 Å². The van der Waals surface area contributed by atoms with Crippen molar-refractivity contribution < 1.29 is 15.3 Å². The van der Waals surface area contributed by atoms with Crippen molar-refractivity contribution >= 4 is 0 Å². The molecule has 0 aromatic rings. The van der Waals surface area contributed by atoms with E-state index in [9.17, 15) is 0 Å². The zero-order valence-electron chi connectivity index (χ0n) is 18.7. The fourth-order valence-electron chi connectivity index (χ4n) is 2.83. The Balaban J connectivity index is -0.000000451. The lowest BCUT2D eigenvalue weighted by Crippen LogP contribution is -2.03. The summed E-state index contributed by atoms with van der Waals surface area (Å²) in [5.41, 5.74) is 0. The third kappa shape index (κ3) is 27.1. The number of hydrogen-bond donors (Lipinski definition) is 3. The number of aliphatic hydroxyl groups is 3. The van der Waals surface area contributed by atoms with Gasteiger partial charge in [0.2, 0.25) is 0 Å². The minimum absolute atomic E-state index is 0. The minimum Gasteiger partial charge on any atom is -0.396 e. The van der Waals surface area contributed by atoms with Crippen LogP contribution in [0, 0.1) is 11.8 Å². The Morgan fingerprint density at radius 1 is 0.759 bits per heavy atom. The number of rotatable bonds is 18. The first-order valence-corrected chi connectivity index (χ1v) is 11.4. The molecule has 0 heterocycles. The molecule has 0 aromatic heterocycles. The highest BCUT2D eigenvalue weighted by Crippen LogP contribution is 2.14. The van der Waals surface area contributed by atoms with Crippen LogP contribution in [0.1, 0.15) is 98.3 Å². The third-order valence-electron chi connectivity index (χ3n) is 5.00. The van der Waals surface area contributed by atoms with Gasteiger partial charge in [-0.15, -0.1) is 6.58 Å². The standard InChI is InChI=1S/C13H28O.C12H20O2.CH4/c1-3-5-6-7-8-9-10-11-13(4-2)12-14;1-2-12(11-14)9-7-5-3-4-6-8-10-13;/h13-14H,3-12H2,1-2H3;2,5-8,12-14H,1,3-4,9-11H2;1H4/b;7-5+,8-6-;. The molecule has 0 rings (SSSR count). The smallest absolute Gasteiger partial charge is 0.0612 e. The van der Waals surface area contributed by atoms with Crippen LogP contribution in [0.3, 0.4) is 0 Å². The van der Waals surface area contributed by atoms with Gasteiger partial charge >= 0.3 is 0 Å². The lowest BCUT2D eigenvalue weighted by molar-refractivity contribution is 0.211. The molecule has 0 saturated carbocycles. The summed E-state index contributed by atoms with van der Waals surface area (Å²) in [7, 11) is 0. The van der Waals surface area contributed by atoms with Crippen molar-refractivity contribution in [3.63, 3.8) is 0 Å². The van der Waals surface area contributed by atoms with Gasteiger partial charge < -0.3 is 15.3 Å². The van der Waals surface area contributed by atoms with E-state index in [4.69, 9.17) is 15.3 Å². The van der Waals surface area contributed by atoms with Gasteiger partial charge in [-0.1, -0.05) is 103 Å². The summed E-state index contributed by atoms with van der Waals surface area (Å²) in [6, 6.07) is 0. The Morgan fingerprint density at radius 3 is 1.83 bits per heavy atom. The molecule has 0 aromatic carbocycles. The molecule has 0 aliphatic carbocycles. The molecule has 0 amide bonds. The van der Waals surface area contributed by atoms with E-state index in [0.29, 0.717) is 12.5 Å². The topological polar surface area (TPSA) is 60.7 Å². The molecule has 3 N–H and O–H groups in total. The van der Waals surface area contributed by atoms with Crippen LogP contribution in [0.25, 0.3) is 0 Å². The largest absolute Gasteiger partial charge is 0.396 e. The summed E-state index contributed by atoms with van der Waals surface area (Å²) in [4.78, 5) is 0. The van der Waals surface area contributed by atoms with Crippen LogP contribution >= 0.6 is 0 Å². The molecule has 29 heavy (non-hydrogen) atoms. The summed E-state index contributed by atoms with van der Waals surface area (Å²) in [6.45, 7) is 8.73. The quantitative estimate of drug-likeness (QED) is 0.171. The predicted molar refractivity (Wildman–Crippen MR) is 130 cm³/mol. The molecule has 2 unspecified atom stereocenters. The second-order valence-corrected chi connectivity index (χ2v) is 7.48. The Hall–Kier alpha value is -0.900. The fourth-order valence-corrected chi connectivity index (χ4v) is 2.83. The molecule has 0 aliphatic heterocycles. The summed E-state index contributed by atoms with van der Waals surface area (Å²) in [5, 5.41) is 26.3. The second kappa shape index (κ2) is 29.3. The van der Waals surface area contributed by atoms with Crippen LogP contribution in [0.2, 0.25) is 0 Å². The first kappa shape index (κ1) is 32.8. The maximum atomic E-state index is 9.00. The summed E-state index contributed by atoms with van der Waals surface area (Å²) in [5.74, 6) is 0.741. The molecule has 0 aliphatic rings. The summed E-state index contributed by atoms with van der Waals surface area (Å²) >= 11 is 0. The van der Waals surface area contributed by atoms with E-state index in [-0.39, 0.29) is 26.6 Å². The van der Waals surface area contributed by atoms with Gasteiger partial charge in [-0.05, 0) is 31.6 Å². The number of hydrogen-bond acceptors (Lipinski definition) is 3. The van der Waals surface area contributed by atoms with Gasteiger partial charge in [0, 0.05) is 19.1 Å². The Bertz CT molecular complexity index is 346. The van der Waals surface area contributed by atoms with Crippen molar-refractivity contribution in [1.29, 1.82) is 0 Å². The van der Waals surface area contributed by atoms with E-state index in [1.165, 1.54) is 51.4 Å². The highest BCUT2D eigenvalue weighted by Gasteiger charge is 2.03. The number of allylic oxidation sites excluding steroid dienone is 3. The first-order valence-electron chi connectivity index (χ1n) is 11.4. The molecular weight excluding hydrogens is 360 g/mol.